The Bertz CT molecular complexity index is 1460. The first-order valence-corrected chi connectivity index (χ1v) is 11.4. The molecule has 0 spiro atoms. The largest absolute Gasteiger partial charge is 0.494 e. The number of ether oxygens (including phenoxy) is 1. The van der Waals surface area contributed by atoms with Gasteiger partial charge in [-0.25, -0.2) is 9.20 Å². The maximum Gasteiger partial charge on any atom is 0.276 e. The molecule has 0 aliphatic carbocycles. The lowest BCUT2D eigenvalue weighted by Crippen LogP contribution is -2.21. The molecule has 0 saturated carbocycles. The van der Waals surface area contributed by atoms with Crippen molar-refractivity contribution in [2.45, 2.75) is 33.2 Å². The number of nitrogens with zero attached hydrogens (tertiary/aromatic N) is 6. The second-order valence-corrected chi connectivity index (χ2v) is 8.31. The second kappa shape index (κ2) is 9.35. The van der Waals surface area contributed by atoms with Gasteiger partial charge in [0.15, 0.2) is 0 Å². The van der Waals surface area contributed by atoms with Gasteiger partial charge in [-0.05, 0) is 55.8 Å². The number of fused-ring (bicyclic) bond motifs is 1. The van der Waals surface area contributed by atoms with Crippen LogP contribution in [-0.2, 0) is 6.54 Å². The number of aromatic nitrogens is 6. The van der Waals surface area contributed by atoms with Gasteiger partial charge < -0.3 is 9.30 Å². The Balaban J connectivity index is 1.36. The molecule has 5 aromatic rings. The van der Waals surface area contributed by atoms with Crippen molar-refractivity contribution < 1.29 is 4.74 Å². The van der Waals surface area contributed by atoms with Crippen molar-refractivity contribution in [2.24, 2.45) is 0 Å². The van der Waals surface area contributed by atoms with Crippen LogP contribution < -0.4 is 10.3 Å². The molecule has 5 rings (SSSR count). The minimum Gasteiger partial charge on any atom is -0.494 e. The molecule has 0 amide bonds. The zero-order valence-corrected chi connectivity index (χ0v) is 19.3. The first-order chi connectivity index (χ1) is 16.6. The van der Waals surface area contributed by atoms with Crippen LogP contribution in [0.1, 0.15) is 31.0 Å². The Morgan fingerprint density at radius 1 is 1.00 bits per heavy atom. The van der Waals surface area contributed by atoms with Gasteiger partial charge in [-0.1, -0.05) is 36.3 Å². The van der Waals surface area contributed by atoms with Gasteiger partial charge in [0.05, 0.1) is 30.7 Å². The lowest BCUT2D eigenvalue weighted by molar-refractivity contribution is 0.309. The molecule has 34 heavy (non-hydrogen) atoms. The molecule has 2 aromatic carbocycles. The summed E-state index contributed by atoms with van der Waals surface area (Å²) >= 11 is 0. The molecule has 0 radical (unpaired) electrons. The fourth-order valence-electron chi connectivity index (χ4n) is 3.72. The third-order valence-corrected chi connectivity index (χ3v) is 5.69. The van der Waals surface area contributed by atoms with Crippen molar-refractivity contribution in [3.8, 4) is 22.7 Å². The van der Waals surface area contributed by atoms with Crippen LogP contribution in [0.3, 0.4) is 0 Å². The Hall–Kier alpha value is -4.20. The van der Waals surface area contributed by atoms with Gasteiger partial charge in [0, 0.05) is 18.0 Å². The van der Waals surface area contributed by atoms with Gasteiger partial charge in [-0.2, -0.15) is 5.10 Å². The van der Waals surface area contributed by atoms with E-state index in [-0.39, 0.29) is 5.56 Å². The molecule has 0 bridgehead atoms. The maximum atomic E-state index is 13.1. The van der Waals surface area contributed by atoms with E-state index >= 15 is 0 Å². The molecule has 0 fully saturated rings. The van der Waals surface area contributed by atoms with Crippen molar-refractivity contribution in [3.05, 3.63) is 94.8 Å². The highest BCUT2D eigenvalue weighted by atomic mass is 16.5. The first-order valence-electron chi connectivity index (χ1n) is 11.4. The predicted molar refractivity (Wildman–Crippen MR) is 130 cm³/mol. The molecule has 0 atom stereocenters. The van der Waals surface area contributed by atoms with Crippen LogP contribution in [0.5, 0.6) is 5.75 Å². The minimum absolute atomic E-state index is 0.134. The van der Waals surface area contributed by atoms with E-state index in [9.17, 15) is 4.79 Å². The standard InChI is InChI=1S/C26H26N6O2/c1-3-4-15-34-23-11-7-20(8-12-23)24-16-25-26(33)30(13-14-31(25)28-24)17-21-18-32(29-27-21)22-9-5-19(2)6-10-22/h5-14,16,18H,3-4,15,17H2,1-2H3. The second-order valence-electron chi connectivity index (χ2n) is 8.31. The summed E-state index contributed by atoms with van der Waals surface area (Å²) in [6.45, 7) is 5.21. The van der Waals surface area contributed by atoms with E-state index in [0.29, 0.717) is 24.4 Å². The van der Waals surface area contributed by atoms with Crippen LogP contribution in [-0.4, -0.2) is 35.8 Å². The van der Waals surface area contributed by atoms with E-state index in [1.807, 2.05) is 67.7 Å². The normalized spacial score (nSPS) is 11.2. The van der Waals surface area contributed by atoms with Gasteiger partial charge in [0.2, 0.25) is 0 Å². The van der Waals surface area contributed by atoms with E-state index in [2.05, 4.69) is 22.3 Å². The van der Waals surface area contributed by atoms with Crippen LogP contribution in [0, 0.1) is 6.92 Å². The van der Waals surface area contributed by atoms with Crippen LogP contribution in [0.25, 0.3) is 22.5 Å². The van der Waals surface area contributed by atoms with Crippen molar-refractivity contribution in [1.82, 2.24) is 29.2 Å². The summed E-state index contributed by atoms with van der Waals surface area (Å²) in [5, 5.41) is 13.0. The average Bonchev–Trinajstić information content (AvgIpc) is 3.50. The number of aryl methyl sites for hydroxylation is 1. The molecule has 172 valence electrons. The van der Waals surface area contributed by atoms with E-state index in [4.69, 9.17) is 4.74 Å². The molecule has 8 nitrogen and oxygen atoms in total. The number of hydrogen-bond acceptors (Lipinski definition) is 5. The van der Waals surface area contributed by atoms with E-state index in [1.54, 1.807) is 26.2 Å². The van der Waals surface area contributed by atoms with Crippen molar-refractivity contribution >= 4 is 5.52 Å². The summed E-state index contributed by atoms with van der Waals surface area (Å²) in [5.74, 6) is 0.835. The lowest BCUT2D eigenvalue weighted by atomic mass is 10.1. The molecular weight excluding hydrogens is 428 g/mol. The highest BCUT2D eigenvalue weighted by Crippen LogP contribution is 2.22. The number of benzene rings is 2. The summed E-state index contributed by atoms with van der Waals surface area (Å²) in [6.07, 6.45) is 7.48. The Morgan fingerprint density at radius 3 is 2.56 bits per heavy atom. The SMILES string of the molecule is CCCCOc1ccc(-c2cc3c(=O)n(Cc4cn(-c5ccc(C)cc5)nn4)ccn3n2)cc1. The third-order valence-electron chi connectivity index (χ3n) is 5.69. The van der Waals surface area contributed by atoms with Crippen LogP contribution in [0.4, 0.5) is 0 Å². The molecule has 8 heteroatoms. The van der Waals surface area contributed by atoms with E-state index < -0.39 is 0 Å². The van der Waals surface area contributed by atoms with Crippen LogP contribution >= 0.6 is 0 Å². The maximum absolute atomic E-state index is 13.1. The zero-order chi connectivity index (χ0) is 23.5. The summed E-state index contributed by atoms with van der Waals surface area (Å²) in [7, 11) is 0. The Labute approximate surface area is 197 Å². The summed E-state index contributed by atoms with van der Waals surface area (Å²) in [5.41, 5.74) is 4.84. The van der Waals surface area contributed by atoms with Gasteiger partial charge >= 0.3 is 0 Å². The smallest absolute Gasteiger partial charge is 0.276 e. The topological polar surface area (TPSA) is 79.2 Å². The molecule has 3 aromatic heterocycles. The van der Waals surface area contributed by atoms with Gasteiger partial charge in [0.1, 0.15) is 17.0 Å². The summed E-state index contributed by atoms with van der Waals surface area (Å²) < 4.78 is 10.7. The molecule has 0 saturated heterocycles. The van der Waals surface area contributed by atoms with Crippen molar-refractivity contribution in [1.29, 1.82) is 0 Å². The van der Waals surface area contributed by atoms with E-state index in [0.717, 1.165) is 35.5 Å². The van der Waals surface area contributed by atoms with Crippen LogP contribution in [0.2, 0.25) is 0 Å². The Kier molecular flexibility index (Phi) is 5.95. The third kappa shape index (κ3) is 4.47. The quantitative estimate of drug-likeness (QED) is 0.327. The van der Waals surface area contributed by atoms with Crippen LogP contribution in [0.15, 0.2) is 78.0 Å². The first kappa shape index (κ1) is 21.6. The summed E-state index contributed by atoms with van der Waals surface area (Å²) in [4.78, 5) is 13.1. The van der Waals surface area contributed by atoms with E-state index in [1.165, 1.54) is 5.56 Å². The fourth-order valence-corrected chi connectivity index (χ4v) is 3.72. The highest BCUT2D eigenvalue weighted by Gasteiger charge is 2.11. The monoisotopic (exact) mass is 454 g/mol. The summed E-state index contributed by atoms with van der Waals surface area (Å²) in [6, 6.07) is 17.6. The highest BCUT2D eigenvalue weighted by molar-refractivity contribution is 5.66. The fraction of sp³-hybridized carbons (Fsp3) is 0.231. The van der Waals surface area contributed by atoms with Crippen molar-refractivity contribution in [2.75, 3.05) is 6.61 Å². The zero-order valence-electron chi connectivity index (χ0n) is 19.3. The van der Waals surface area contributed by atoms with Crippen molar-refractivity contribution in [3.63, 3.8) is 0 Å². The number of hydrogen-bond donors (Lipinski definition) is 0. The minimum atomic E-state index is -0.134. The molecule has 0 N–H and O–H groups in total. The molecular formula is C26H26N6O2. The van der Waals surface area contributed by atoms with Gasteiger partial charge in [-0.3, -0.25) is 4.79 Å². The van der Waals surface area contributed by atoms with Gasteiger partial charge in [-0.15, -0.1) is 5.10 Å². The average molecular weight is 455 g/mol. The molecule has 0 aliphatic heterocycles. The molecule has 0 unspecified atom stereocenters. The number of rotatable bonds is 8. The molecule has 0 aliphatic rings. The Morgan fingerprint density at radius 2 is 1.79 bits per heavy atom. The predicted octanol–water partition coefficient (Wildman–Crippen LogP) is 4.28. The number of unbranched alkanes of at least 4 members (excludes halogenated alkanes) is 1. The van der Waals surface area contributed by atoms with Gasteiger partial charge in [0.25, 0.3) is 5.56 Å². The molecule has 3 heterocycles. The lowest BCUT2D eigenvalue weighted by Gasteiger charge is -2.05.